The highest BCUT2D eigenvalue weighted by Gasteiger charge is 2.40. The number of hydrogen-bond acceptors (Lipinski definition) is 11. The number of amides is 4. The lowest BCUT2D eigenvalue weighted by Gasteiger charge is -2.37. The summed E-state index contributed by atoms with van der Waals surface area (Å²) in [5.41, 5.74) is 9.13. The Morgan fingerprint density at radius 3 is 2.66 bits per heavy atom. The Hall–Kier alpha value is -5.45. The van der Waals surface area contributed by atoms with E-state index in [0.29, 0.717) is 51.0 Å². The van der Waals surface area contributed by atoms with Crippen LogP contribution in [0.2, 0.25) is 0 Å². The van der Waals surface area contributed by atoms with E-state index in [1.807, 2.05) is 32.2 Å². The number of carbonyl (C=O) groups excluding carboxylic acids is 5. The van der Waals surface area contributed by atoms with Crippen LogP contribution in [0.25, 0.3) is 32.7 Å². The number of esters is 1. The smallest absolute Gasteiger partial charge is 0.324 e. The maximum absolute atomic E-state index is 14.6. The topological polar surface area (TPSA) is 168 Å². The van der Waals surface area contributed by atoms with E-state index in [1.54, 1.807) is 25.3 Å². The van der Waals surface area contributed by atoms with Crippen molar-refractivity contribution < 1.29 is 33.4 Å². The molecule has 0 radical (unpaired) electrons. The van der Waals surface area contributed by atoms with E-state index >= 15 is 0 Å². The van der Waals surface area contributed by atoms with Gasteiger partial charge in [-0.2, -0.15) is 0 Å². The van der Waals surface area contributed by atoms with Crippen LogP contribution in [0.3, 0.4) is 0 Å². The van der Waals surface area contributed by atoms with Crippen molar-refractivity contribution in [3.63, 3.8) is 0 Å². The van der Waals surface area contributed by atoms with Gasteiger partial charge in [0.1, 0.15) is 23.1 Å². The molecule has 6 bridgehead atoms. The molecular weight excluding hydrogens is 833 g/mol. The minimum absolute atomic E-state index is 0.0671. The minimum Gasteiger partial charge on any atom is -0.464 e. The first-order valence-electron chi connectivity index (χ1n) is 22.4. The second-order valence-electron chi connectivity index (χ2n) is 18.4. The van der Waals surface area contributed by atoms with Crippen molar-refractivity contribution in [1.29, 1.82) is 0 Å². The number of hydrogen-bond donors (Lipinski definition) is 2. The Morgan fingerprint density at radius 1 is 1.16 bits per heavy atom. The zero-order valence-corrected chi connectivity index (χ0v) is 39.1. The van der Waals surface area contributed by atoms with Crippen molar-refractivity contribution in [2.75, 3.05) is 40.4 Å². The summed E-state index contributed by atoms with van der Waals surface area (Å²) < 4.78 is 14.2. The lowest BCUT2D eigenvalue weighted by molar-refractivity contribution is -0.155. The number of ether oxygens (including phenoxy) is 2. The second-order valence-corrected chi connectivity index (χ2v) is 19.3. The molecule has 2 saturated heterocycles. The van der Waals surface area contributed by atoms with Crippen molar-refractivity contribution in [2.24, 2.45) is 17.3 Å². The molecule has 3 aliphatic rings. The molecule has 1 aromatic carbocycles. The normalized spacial score (nSPS) is 21.3. The summed E-state index contributed by atoms with van der Waals surface area (Å²) in [6.45, 7) is 17.4. The molecule has 4 aromatic rings. The van der Waals surface area contributed by atoms with Crippen LogP contribution in [0, 0.1) is 17.3 Å². The number of nitrogens with zero attached hydrogens (tertiary/aromatic N) is 6. The van der Waals surface area contributed by atoms with Crippen LogP contribution >= 0.6 is 11.3 Å². The van der Waals surface area contributed by atoms with Gasteiger partial charge in [0.25, 0.3) is 5.91 Å². The van der Waals surface area contributed by atoms with Crippen molar-refractivity contribution in [3.05, 3.63) is 71.5 Å². The van der Waals surface area contributed by atoms with Crippen molar-refractivity contribution >= 4 is 51.8 Å². The van der Waals surface area contributed by atoms with Gasteiger partial charge in [0.2, 0.25) is 17.7 Å². The number of fused-ring (bicyclic) bond motifs is 6. The zero-order valence-electron chi connectivity index (χ0n) is 38.3. The van der Waals surface area contributed by atoms with Crippen LogP contribution in [-0.2, 0) is 52.8 Å². The van der Waals surface area contributed by atoms with Crippen LogP contribution in [0.4, 0.5) is 0 Å². The average molecular weight is 895 g/mol. The van der Waals surface area contributed by atoms with E-state index in [9.17, 15) is 24.0 Å². The van der Waals surface area contributed by atoms with Gasteiger partial charge < -0.3 is 29.2 Å². The van der Waals surface area contributed by atoms with Gasteiger partial charge in [-0.15, -0.1) is 11.3 Å². The van der Waals surface area contributed by atoms with Gasteiger partial charge in [-0.1, -0.05) is 34.3 Å². The number of carbonyl (C=O) groups is 5. The Kier molecular flexibility index (Phi) is 14.1. The highest BCUT2D eigenvalue weighted by molar-refractivity contribution is 7.13. The Bertz CT molecular complexity index is 2420. The molecule has 342 valence electrons. The molecule has 16 heteroatoms. The molecule has 2 fully saturated rings. The fourth-order valence-electron chi connectivity index (χ4n) is 9.47. The molecule has 3 aliphatic heterocycles. The summed E-state index contributed by atoms with van der Waals surface area (Å²) in [6.07, 6.45) is 4.89. The summed E-state index contributed by atoms with van der Waals surface area (Å²) in [4.78, 5) is 81.9. The largest absolute Gasteiger partial charge is 0.464 e. The minimum atomic E-state index is -1.09. The van der Waals surface area contributed by atoms with Gasteiger partial charge in [-0.05, 0) is 87.4 Å². The number of likely N-dealkylation sites (N-methyl/N-ethyl adjacent to an activating group) is 1. The highest BCUT2D eigenvalue weighted by Crippen LogP contribution is 2.42. The molecule has 4 amide bonds. The number of benzene rings is 1. The SMILES string of the molecule is C=CC(=O)N1CC[C@H](C(=O)N(C)C(C(=O)N[C@H]2Cc3csc(n3)-c3ccc4c(c3)c(c(-c3cccnc3[C@H](C)OC)n4CC)CC(C)(C)COC(=O)[C@@H]3CCCN(N3)C2=O)C(C)C)C1. The number of thiazole rings is 1. The van der Waals surface area contributed by atoms with E-state index in [4.69, 9.17) is 19.4 Å². The second kappa shape index (κ2) is 19.3. The van der Waals surface area contributed by atoms with Gasteiger partial charge in [0.15, 0.2) is 0 Å². The average Bonchev–Trinajstić information content (AvgIpc) is 4.05. The number of nitrogens with one attached hydrogen (secondary N) is 2. The van der Waals surface area contributed by atoms with Gasteiger partial charge in [-0.3, -0.25) is 34.0 Å². The highest BCUT2D eigenvalue weighted by atomic mass is 32.1. The van der Waals surface area contributed by atoms with Gasteiger partial charge in [0.05, 0.1) is 35.7 Å². The van der Waals surface area contributed by atoms with Crippen LogP contribution in [0.15, 0.2) is 54.6 Å². The van der Waals surface area contributed by atoms with E-state index in [1.165, 1.54) is 27.3 Å². The van der Waals surface area contributed by atoms with E-state index in [0.717, 1.165) is 44.0 Å². The standard InChI is InChI=1S/C48H62N8O7S/c1-10-39(57)54-21-18-31(25-54)45(59)53(8)41(28(3)4)43(58)51-37-23-32-26-64-44(50-32)30-16-17-38-34(22-30)35(42(55(38)11-2)33-14-12-19-49-40(33)29(5)62-9)24-48(6,7)27-63-47(61)36-15-13-20-56(52-36)46(37)60/h10,12,14,16-17,19,22,26,28-29,31,36-37,41,52H,1,11,13,15,18,20-21,23-25,27H2,2-9H3,(H,51,58)/t29-,31-,36-,37-,41?/m0/s1. The predicted octanol–water partition coefficient (Wildman–Crippen LogP) is 5.72. The lowest BCUT2D eigenvalue weighted by Crippen LogP contribution is -2.62. The van der Waals surface area contributed by atoms with Crippen molar-refractivity contribution in [3.8, 4) is 21.8 Å². The maximum atomic E-state index is 14.6. The molecule has 0 saturated carbocycles. The molecule has 64 heavy (non-hydrogen) atoms. The van der Waals surface area contributed by atoms with E-state index in [2.05, 4.69) is 66.9 Å². The molecule has 2 N–H and O–H groups in total. The van der Waals surface area contributed by atoms with Gasteiger partial charge in [-0.25, -0.2) is 10.4 Å². The third kappa shape index (κ3) is 9.50. The summed E-state index contributed by atoms with van der Waals surface area (Å²) in [5.74, 6) is -2.64. The zero-order chi connectivity index (χ0) is 46.0. The monoisotopic (exact) mass is 894 g/mol. The summed E-state index contributed by atoms with van der Waals surface area (Å²) >= 11 is 1.46. The quantitative estimate of drug-likeness (QED) is 0.149. The third-order valence-corrected chi connectivity index (χ3v) is 13.8. The number of rotatable bonds is 10. The summed E-state index contributed by atoms with van der Waals surface area (Å²) in [5, 5.41) is 8.15. The molecule has 0 aliphatic carbocycles. The fraction of sp³-hybridized carbons (Fsp3) is 0.521. The Balaban J connectivity index is 1.27. The molecular formula is C48H62N8O7S. The first kappa shape index (κ1) is 46.5. The summed E-state index contributed by atoms with van der Waals surface area (Å²) in [7, 11) is 3.28. The van der Waals surface area contributed by atoms with Crippen LogP contribution in [-0.4, -0.2) is 117 Å². The first-order chi connectivity index (χ1) is 30.5. The maximum Gasteiger partial charge on any atom is 0.324 e. The first-order valence-corrected chi connectivity index (χ1v) is 23.2. The van der Waals surface area contributed by atoms with E-state index < -0.39 is 47.2 Å². The Morgan fingerprint density at radius 2 is 1.94 bits per heavy atom. The Labute approximate surface area is 379 Å². The third-order valence-electron chi connectivity index (χ3n) is 12.8. The summed E-state index contributed by atoms with van der Waals surface area (Å²) in [6, 6.07) is 7.62. The number of pyridine rings is 1. The number of likely N-dealkylation sites (tertiary alicyclic amines) is 1. The van der Waals surface area contributed by atoms with E-state index in [-0.39, 0.29) is 43.4 Å². The van der Waals surface area contributed by atoms with Crippen molar-refractivity contribution in [2.45, 2.75) is 104 Å². The molecule has 3 aromatic heterocycles. The lowest BCUT2D eigenvalue weighted by atomic mass is 9.84. The molecule has 7 rings (SSSR count). The molecule has 6 heterocycles. The van der Waals surface area contributed by atoms with Crippen LogP contribution in [0.1, 0.15) is 83.9 Å². The molecule has 0 spiro atoms. The number of aryl methyl sites for hydroxylation is 1. The molecule has 15 nitrogen and oxygen atoms in total. The number of aromatic nitrogens is 3. The number of cyclic esters (lactones) is 1. The fourth-order valence-corrected chi connectivity index (χ4v) is 10.3. The molecule has 5 atom stereocenters. The van der Waals surface area contributed by atoms with Crippen molar-refractivity contribution in [1.82, 2.24) is 40.1 Å². The van der Waals surface area contributed by atoms with Crippen LogP contribution in [0.5, 0.6) is 0 Å². The van der Waals surface area contributed by atoms with Crippen LogP contribution < -0.4 is 10.7 Å². The molecule has 1 unspecified atom stereocenters. The van der Waals surface area contributed by atoms with Gasteiger partial charge >= 0.3 is 5.97 Å². The predicted molar refractivity (Wildman–Crippen MR) is 246 cm³/mol. The number of methoxy groups -OCH3 is 1. The number of hydrazine groups is 1. The van der Waals surface area contributed by atoms with Gasteiger partial charge in [0, 0.05) is 85.8 Å².